The molecule has 0 aliphatic carbocycles. The van der Waals surface area contributed by atoms with Gasteiger partial charge in [0.25, 0.3) is 11.8 Å². The number of fused-ring (bicyclic) bond motifs is 1. The molecule has 2 aliphatic rings. The average Bonchev–Trinajstić information content (AvgIpc) is 3.08. The van der Waals surface area contributed by atoms with Gasteiger partial charge in [-0.25, -0.2) is 18.5 Å². The van der Waals surface area contributed by atoms with Gasteiger partial charge in [0.15, 0.2) is 0 Å². The van der Waals surface area contributed by atoms with E-state index >= 15 is 0 Å². The van der Waals surface area contributed by atoms with Crippen LogP contribution in [0, 0.1) is 5.92 Å². The number of aliphatic imine (C=N–C) groups is 1. The number of hydrogen-bond donors (Lipinski definition) is 0. The van der Waals surface area contributed by atoms with Crippen molar-refractivity contribution >= 4 is 49.4 Å². The van der Waals surface area contributed by atoms with E-state index in [1.807, 2.05) is 13.8 Å². The lowest BCUT2D eigenvalue weighted by Crippen LogP contribution is -2.56. The zero-order valence-corrected chi connectivity index (χ0v) is 19.0. The van der Waals surface area contributed by atoms with Gasteiger partial charge in [0.2, 0.25) is 5.95 Å². The van der Waals surface area contributed by atoms with Gasteiger partial charge in [-0.15, -0.1) is 0 Å². The molecule has 154 valence electrons. The molecule has 1 amide bonds. The average molecular weight is 531 g/mol. The van der Waals surface area contributed by atoms with E-state index in [1.165, 1.54) is 11.2 Å². The second-order valence-corrected chi connectivity index (χ2v) is 9.79. The number of hydrogen-bond acceptors (Lipinski definition) is 4. The van der Waals surface area contributed by atoms with Gasteiger partial charge in [0.1, 0.15) is 6.33 Å². The van der Waals surface area contributed by atoms with Gasteiger partial charge < -0.3 is 4.90 Å². The Kier molecular flexibility index (Phi) is 5.13. The van der Waals surface area contributed by atoms with Crippen molar-refractivity contribution in [2.75, 3.05) is 13.1 Å². The van der Waals surface area contributed by atoms with Crippen LogP contribution < -0.4 is 0 Å². The number of likely N-dealkylation sites (tertiary alicyclic amines) is 1. The summed E-state index contributed by atoms with van der Waals surface area (Å²) in [6, 6.07) is 5.08. The van der Waals surface area contributed by atoms with E-state index in [1.54, 1.807) is 22.9 Å². The molecule has 1 aromatic heterocycles. The molecule has 2 unspecified atom stereocenters. The lowest BCUT2D eigenvalue weighted by molar-refractivity contribution is -0.0958. The van der Waals surface area contributed by atoms with Crippen LogP contribution in [-0.4, -0.2) is 50.3 Å². The number of aromatic nitrogens is 3. The summed E-state index contributed by atoms with van der Waals surface area (Å²) in [5.41, 5.74) is 0.434. The Balaban J connectivity index is 1.68. The normalized spacial score (nSPS) is 26.1. The fourth-order valence-electron chi connectivity index (χ4n) is 4.32. The third-order valence-electron chi connectivity index (χ3n) is 5.60. The molecule has 0 radical (unpaired) electrons. The van der Waals surface area contributed by atoms with E-state index in [0.717, 1.165) is 5.71 Å². The Bertz CT molecular complexity index is 988. The van der Waals surface area contributed by atoms with Crippen molar-refractivity contribution in [1.29, 1.82) is 0 Å². The predicted molar refractivity (Wildman–Crippen MR) is 112 cm³/mol. The van der Waals surface area contributed by atoms with Crippen LogP contribution in [0.5, 0.6) is 0 Å². The first kappa shape index (κ1) is 20.6. The maximum absolute atomic E-state index is 14.8. The molecule has 10 heteroatoms. The number of carbonyl (C=O) groups is 1. The smallest absolute Gasteiger partial charge is 0.265 e. The molecule has 2 atom stereocenters. The second kappa shape index (κ2) is 7.23. The third-order valence-corrected chi connectivity index (χ3v) is 6.52. The highest BCUT2D eigenvalue weighted by Gasteiger charge is 2.51. The molecular formula is C19H19Br2F2N5O. The number of benzene rings is 1. The first-order valence-electron chi connectivity index (χ1n) is 9.15. The Labute approximate surface area is 183 Å². The Morgan fingerprint density at radius 1 is 1.24 bits per heavy atom. The SMILES string of the molecule is CC1=Nc2ncnn2C(C)(C2CN(C(=O)c3cc(Br)cc(Br)c3)CC(F)(F)C2)C1. The number of amides is 1. The Morgan fingerprint density at radius 2 is 1.93 bits per heavy atom. The molecule has 2 aliphatic heterocycles. The van der Waals surface area contributed by atoms with Crippen molar-refractivity contribution in [3.8, 4) is 0 Å². The summed E-state index contributed by atoms with van der Waals surface area (Å²) >= 11 is 6.70. The van der Waals surface area contributed by atoms with Crippen LogP contribution in [0.25, 0.3) is 0 Å². The van der Waals surface area contributed by atoms with E-state index < -0.39 is 29.8 Å². The fourth-order valence-corrected chi connectivity index (χ4v) is 5.62. The van der Waals surface area contributed by atoms with Gasteiger partial charge in [-0.1, -0.05) is 31.9 Å². The summed E-state index contributed by atoms with van der Waals surface area (Å²) in [4.78, 5) is 22.9. The minimum absolute atomic E-state index is 0.210. The zero-order valence-electron chi connectivity index (χ0n) is 15.9. The summed E-state index contributed by atoms with van der Waals surface area (Å²) in [6.45, 7) is 3.37. The van der Waals surface area contributed by atoms with Crippen molar-refractivity contribution in [2.24, 2.45) is 10.9 Å². The number of rotatable bonds is 2. The second-order valence-electron chi connectivity index (χ2n) is 7.95. The first-order chi connectivity index (χ1) is 13.6. The van der Waals surface area contributed by atoms with Crippen molar-refractivity contribution in [1.82, 2.24) is 19.7 Å². The molecular weight excluding hydrogens is 512 g/mol. The van der Waals surface area contributed by atoms with Gasteiger partial charge >= 0.3 is 0 Å². The van der Waals surface area contributed by atoms with Crippen LogP contribution in [0.15, 0.2) is 38.5 Å². The lowest BCUT2D eigenvalue weighted by Gasteiger charge is -2.46. The quantitative estimate of drug-likeness (QED) is 0.559. The van der Waals surface area contributed by atoms with Gasteiger partial charge in [-0.2, -0.15) is 10.1 Å². The Morgan fingerprint density at radius 3 is 2.62 bits per heavy atom. The highest BCUT2D eigenvalue weighted by atomic mass is 79.9. The molecule has 4 rings (SSSR count). The van der Waals surface area contributed by atoms with E-state index in [9.17, 15) is 13.6 Å². The van der Waals surface area contributed by atoms with Gasteiger partial charge in [0.05, 0.1) is 12.1 Å². The number of nitrogens with zero attached hydrogens (tertiary/aromatic N) is 5. The number of carbonyl (C=O) groups excluding carboxylic acids is 1. The standard InChI is InChI=1S/C19H19Br2F2N5O/c1-11-6-18(2,28-17(26-11)24-10-25-28)13-7-19(22,23)9-27(8-13)16(29)12-3-14(20)5-15(21)4-12/h3-5,10,13H,6-9H2,1-2H3. The van der Waals surface area contributed by atoms with E-state index in [-0.39, 0.29) is 13.0 Å². The molecule has 6 nitrogen and oxygen atoms in total. The largest absolute Gasteiger partial charge is 0.332 e. The van der Waals surface area contributed by atoms with Gasteiger partial charge in [0, 0.05) is 45.5 Å². The monoisotopic (exact) mass is 529 g/mol. The summed E-state index contributed by atoms with van der Waals surface area (Å²) < 4.78 is 32.6. The van der Waals surface area contributed by atoms with Crippen LogP contribution >= 0.6 is 31.9 Å². The lowest BCUT2D eigenvalue weighted by atomic mass is 9.75. The van der Waals surface area contributed by atoms with Gasteiger partial charge in [-0.3, -0.25) is 4.79 Å². The Hall–Kier alpha value is -1.68. The summed E-state index contributed by atoms with van der Waals surface area (Å²) in [7, 11) is 0. The van der Waals surface area contributed by atoms with Crippen LogP contribution in [0.4, 0.5) is 14.7 Å². The fraction of sp³-hybridized carbons (Fsp3) is 0.474. The van der Waals surface area contributed by atoms with Gasteiger partial charge in [-0.05, 0) is 32.0 Å². The van der Waals surface area contributed by atoms with E-state index in [4.69, 9.17) is 0 Å². The molecule has 1 aromatic carbocycles. The third kappa shape index (κ3) is 3.88. The highest BCUT2D eigenvalue weighted by Crippen LogP contribution is 2.44. The number of halogens is 4. The van der Waals surface area contributed by atoms with Crippen LogP contribution in [-0.2, 0) is 5.54 Å². The minimum atomic E-state index is -2.99. The van der Waals surface area contributed by atoms with Crippen molar-refractivity contribution in [2.45, 2.75) is 38.2 Å². The maximum atomic E-state index is 14.8. The van der Waals surface area contributed by atoms with Crippen molar-refractivity contribution in [3.63, 3.8) is 0 Å². The molecule has 1 saturated heterocycles. The van der Waals surface area contributed by atoms with E-state index in [0.29, 0.717) is 26.9 Å². The van der Waals surface area contributed by atoms with Crippen LogP contribution in [0.3, 0.4) is 0 Å². The van der Waals surface area contributed by atoms with Crippen molar-refractivity contribution in [3.05, 3.63) is 39.0 Å². The highest BCUT2D eigenvalue weighted by molar-refractivity contribution is 9.11. The molecule has 2 aromatic rings. The molecule has 0 saturated carbocycles. The topological polar surface area (TPSA) is 63.4 Å². The molecule has 0 spiro atoms. The summed E-state index contributed by atoms with van der Waals surface area (Å²) in [5.74, 6) is -3.50. The van der Waals surface area contributed by atoms with Crippen molar-refractivity contribution < 1.29 is 13.6 Å². The first-order valence-corrected chi connectivity index (χ1v) is 10.7. The predicted octanol–water partition coefficient (Wildman–Crippen LogP) is 4.81. The number of piperidine rings is 1. The van der Waals surface area contributed by atoms with Crippen LogP contribution in [0.2, 0.25) is 0 Å². The van der Waals surface area contributed by atoms with Crippen LogP contribution in [0.1, 0.15) is 37.0 Å². The maximum Gasteiger partial charge on any atom is 0.265 e. The number of alkyl halides is 2. The molecule has 3 heterocycles. The molecule has 1 fully saturated rings. The summed E-state index contributed by atoms with van der Waals surface area (Å²) in [6.07, 6.45) is 1.55. The van der Waals surface area contributed by atoms with E-state index in [2.05, 4.69) is 46.9 Å². The molecule has 29 heavy (non-hydrogen) atoms. The summed E-state index contributed by atoms with van der Waals surface area (Å²) in [5, 5.41) is 4.26. The zero-order chi connectivity index (χ0) is 21.0. The molecule has 0 bridgehead atoms. The minimum Gasteiger partial charge on any atom is -0.332 e. The molecule has 0 N–H and O–H groups in total.